The predicted molar refractivity (Wildman–Crippen MR) is 72.2 cm³/mol. The van der Waals surface area contributed by atoms with Gasteiger partial charge < -0.3 is 10.3 Å². The van der Waals surface area contributed by atoms with Crippen molar-refractivity contribution in [1.29, 1.82) is 5.26 Å². The molecule has 0 saturated carbocycles. The lowest BCUT2D eigenvalue weighted by Gasteiger charge is -2.06. The Hall–Kier alpha value is -2.87. The monoisotopic (exact) mass is 249 g/mol. The van der Waals surface area contributed by atoms with E-state index in [0.29, 0.717) is 18.1 Å². The maximum Gasteiger partial charge on any atom is 0.201 e. The number of fused-ring (bicyclic) bond motifs is 1. The van der Waals surface area contributed by atoms with Gasteiger partial charge in [0, 0.05) is 12.4 Å². The molecule has 92 valence electrons. The van der Waals surface area contributed by atoms with Crippen LogP contribution in [0.5, 0.6) is 0 Å². The first-order valence-electron chi connectivity index (χ1n) is 5.82. The van der Waals surface area contributed by atoms with Gasteiger partial charge in [-0.1, -0.05) is 6.07 Å². The summed E-state index contributed by atoms with van der Waals surface area (Å²) in [5.74, 6) is 0.439. The zero-order valence-electron chi connectivity index (χ0n) is 10.1. The Morgan fingerprint density at radius 1 is 1.32 bits per heavy atom. The molecule has 2 aromatic heterocycles. The number of nitrogen functional groups attached to an aromatic ring is 1. The van der Waals surface area contributed by atoms with Gasteiger partial charge in [-0.15, -0.1) is 0 Å². The second-order valence-corrected chi connectivity index (χ2v) is 4.23. The van der Waals surface area contributed by atoms with Crippen LogP contribution in [0.15, 0.2) is 42.7 Å². The van der Waals surface area contributed by atoms with Crippen LogP contribution >= 0.6 is 0 Å². The van der Waals surface area contributed by atoms with Crippen LogP contribution in [0.25, 0.3) is 11.0 Å². The van der Waals surface area contributed by atoms with Crippen molar-refractivity contribution in [3.63, 3.8) is 0 Å². The molecule has 2 heterocycles. The highest BCUT2D eigenvalue weighted by atomic mass is 15.1. The number of pyridine rings is 1. The molecule has 0 amide bonds. The van der Waals surface area contributed by atoms with E-state index in [2.05, 4.69) is 16.0 Å². The average molecular weight is 249 g/mol. The number of nitrogens with two attached hydrogens (primary N) is 1. The van der Waals surface area contributed by atoms with Gasteiger partial charge in [-0.25, -0.2) is 4.98 Å². The number of benzene rings is 1. The lowest BCUT2D eigenvalue weighted by molar-refractivity contribution is 0.833. The second-order valence-electron chi connectivity index (χ2n) is 4.23. The van der Waals surface area contributed by atoms with E-state index >= 15 is 0 Å². The van der Waals surface area contributed by atoms with Gasteiger partial charge in [-0.2, -0.15) is 5.26 Å². The van der Waals surface area contributed by atoms with Crippen LogP contribution in [0.2, 0.25) is 0 Å². The fourth-order valence-electron chi connectivity index (χ4n) is 2.05. The lowest BCUT2D eigenvalue weighted by Crippen LogP contribution is -2.04. The summed E-state index contributed by atoms with van der Waals surface area (Å²) in [5, 5.41) is 8.96. The Balaban J connectivity index is 2.12. The molecule has 19 heavy (non-hydrogen) atoms. The molecule has 0 saturated heterocycles. The molecule has 0 radical (unpaired) electrons. The molecule has 0 fully saturated rings. The van der Waals surface area contributed by atoms with Crippen LogP contribution in [0.4, 0.5) is 5.95 Å². The third-order valence-corrected chi connectivity index (χ3v) is 2.97. The van der Waals surface area contributed by atoms with E-state index in [4.69, 9.17) is 11.0 Å². The number of imidazole rings is 1. The molecule has 0 aliphatic heterocycles. The third kappa shape index (κ3) is 2.00. The third-order valence-electron chi connectivity index (χ3n) is 2.97. The molecular formula is C14H11N5. The van der Waals surface area contributed by atoms with Gasteiger partial charge in [0.25, 0.3) is 0 Å². The van der Waals surface area contributed by atoms with E-state index in [-0.39, 0.29) is 0 Å². The average Bonchev–Trinajstić information content (AvgIpc) is 2.76. The predicted octanol–water partition coefficient (Wildman–Crippen LogP) is 1.93. The van der Waals surface area contributed by atoms with Crippen molar-refractivity contribution in [2.45, 2.75) is 6.54 Å². The lowest BCUT2D eigenvalue weighted by atomic mass is 10.2. The van der Waals surface area contributed by atoms with Crippen molar-refractivity contribution in [2.24, 2.45) is 0 Å². The zero-order chi connectivity index (χ0) is 13.2. The highest BCUT2D eigenvalue weighted by Gasteiger charge is 2.09. The molecule has 0 atom stereocenters. The van der Waals surface area contributed by atoms with E-state index in [9.17, 15) is 0 Å². The molecule has 0 bridgehead atoms. The van der Waals surface area contributed by atoms with Gasteiger partial charge >= 0.3 is 0 Å². The molecule has 3 aromatic rings. The summed E-state index contributed by atoms with van der Waals surface area (Å²) in [4.78, 5) is 8.38. The first-order valence-corrected chi connectivity index (χ1v) is 5.82. The van der Waals surface area contributed by atoms with Crippen LogP contribution in [0, 0.1) is 11.3 Å². The summed E-state index contributed by atoms with van der Waals surface area (Å²) < 4.78 is 1.88. The summed E-state index contributed by atoms with van der Waals surface area (Å²) >= 11 is 0. The number of hydrogen-bond acceptors (Lipinski definition) is 4. The van der Waals surface area contributed by atoms with Crippen molar-refractivity contribution >= 4 is 17.0 Å². The van der Waals surface area contributed by atoms with E-state index in [1.54, 1.807) is 24.5 Å². The van der Waals surface area contributed by atoms with Gasteiger partial charge in [-0.05, 0) is 29.8 Å². The van der Waals surface area contributed by atoms with Crippen LogP contribution in [0.3, 0.4) is 0 Å². The second kappa shape index (κ2) is 4.42. The van der Waals surface area contributed by atoms with Gasteiger partial charge in [0.1, 0.15) is 0 Å². The molecule has 5 heteroatoms. The topological polar surface area (TPSA) is 80.5 Å². The van der Waals surface area contributed by atoms with Crippen LogP contribution in [-0.2, 0) is 6.54 Å². The smallest absolute Gasteiger partial charge is 0.201 e. The fraction of sp³-hybridized carbons (Fsp3) is 0.0714. The Morgan fingerprint density at radius 2 is 2.21 bits per heavy atom. The first kappa shape index (κ1) is 11.2. The van der Waals surface area contributed by atoms with Crippen molar-refractivity contribution in [1.82, 2.24) is 14.5 Å². The molecule has 0 spiro atoms. The Kier molecular flexibility index (Phi) is 2.62. The number of rotatable bonds is 2. The van der Waals surface area contributed by atoms with Gasteiger partial charge in [0.05, 0.1) is 29.2 Å². The summed E-state index contributed by atoms with van der Waals surface area (Å²) in [6.07, 6.45) is 3.52. The van der Waals surface area contributed by atoms with Crippen LogP contribution in [-0.4, -0.2) is 14.5 Å². The maximum atomic E-state index is 8.96. The van der Waals surface area contributed by atoms with E-state index in [1.807, 2.05) is 22.8 Å². The molecule has 3 rings (SSSR count). The number of nitriles is 1. The van der Waals surface area contributed by atoms with E-state index in [0.717, 1.165) is 16.6 Å². The Morgan fingerprint density at radius 3 is 2.95 bits per heavy atom. The Labute approximate surface area is 109 Å². The minimum Gasteiger partial charge on any atom is -0.369 e. The van der Waals surface area contributed by atoms with E-state index in [1.165, 1.54) is 0 Å². The molecule has 0 aliphatic rings. The molecule has 1 aromatic carbocycles. The molecule has 2 N–H and O–H groups in total. The quantitative estimate of drug-likeness (QED) is 0.752. The molecule has 5 nitrogen and oxygen atoms in total. The number of anilines is 1. The number of aromatic nitrogens is 3. The summed E-state index contributed by atoms with van der Waals surface area (Å²) in [6.45, 7) is 0.588. The van der Waals surface area contributed by atoms with Crippen LogP contribution < -0.4 is 5.73 Å². The molecule has 0 aliphatic carbocycles. The van der Waals surface area contributed by atoms with Gasteiger partial charge in [-0.3, -0.25) is 4.98 Å². The standard InChI is InChI=1S/C14H11N5/c15-7-10-3-4-12-13(6-10)19(14(16)18-12)9-11-2-1-5-17-8-11/h1-6,8H,9H2,(H2,16,18). The number of hydrogen-bond donors (Lipinski definition) is 1. The minimum absolute atomic E-state index is 0.439. The fourth-order valence-corrected chi connectivity index (χ4v) is 2.05. The largest absolute Gasteiger partial charge is 0.369 e. The number of nitrogens with zero attached hydrogens (tertiary/aromatic N) is 4. The SMILES string of the molecule is N#Cc1ccc2nc(N)n(Cc3cccnc3)c2c1. The molecule has 0 unspecified atom stereocenters. The van der Waals surface area contributed by atoms with Crippen molar-refractivity contribution in [3.05, 3.63) is 53.9 Å². The zero-order valence-corrected chi connectivity index (χ0v) is 10.1. The van der Waals surface area contributed by atoms with Crippen molar-refractivity contribution < 1.29 is 0 Å². The van der Waals surface area contributed by atoms with Crippen LogP contribution in [0.1, 0.15) is 11.1 Å². The highest BCUT2D eigenvalue weighted by Crippen LogP contribution is 2.20. The van der Waals surface area contributed by atoms with Gasteiger partial charge in [0.2, 0.25) is 5.95 Å². The van der Waals surface area contributed by atoms with E-state index < -0.39 is 0 Å². The Bertz CT molecular complexity index is 768. The van der Waals surface area contributed by atoms with Gasteiger partial charge in [0.15, 0.2) is 0 Å². The normalized spacial score (nSPS) is 10.5. The summed E-state index contributed by atoms with van der Waals surface area (Å²) in [5.41, 5.74) is 9.23. The van der Waals surface area contributed by atoms with Crippen molar-refractivity contribution in [2.75, 3.05) is 5.73 Å². The first-order chi connectivity index (χ1) is 9.28. The molecular weight excluding hydrogens is 238 g/mol. The minimum atomic E-state index is 0.439. The summed E-state index contributed by atoms with van der Waals surface area (Å²) in [7, 11) is 0. The summed E-state index contributed by atoms with van der Waals surface area (Å²) in [6, 6.07) is 11.3. The van der Waals surface area contributed by atoms with Crippen molar-refractivity contribution in [3.8, 4) is 6.07 Å². The highest BCUT2D eigenvalue weighted by molar-refractivity contribution is 5.80. The maximum absolute atomic E-state index is 8.96.